The summed E-state index contributed by atoms with van der Waals surface area (Å²) >= 11 is 6.65. The minimum absolute atomic E-state index is 0.0319. The van der Waals surface area contributed by atoms with Gasteiger partial charge in [0.1, 0.15) is 22.8 Å². The first-order chi connectivity index (χ1) is 20.3. The van der Waals surface area contributed by atoms with E-state index in [0.29, 0.717) is 30.8 Å². The van der Waals surface area contributed by atoms with Crippen LogP contribution in [0.4, 0.5) is 11.4 Å². The molecule has 0 spiro atoms. The van der Waals surface area contributed by atoms with Crippen molar-refractivity contribution in [3.05, 3.63) is 38.8 Å². The molecule has 242 valence electrons. The average Bonchev–Trinajstić information content (AvgIpc) is 2.89. The Morgan fingerprint density at radius 3 is 2.16 bits per heavy atom. The van der Waals surface area contributed by atoms with E-state index in [1.165, 1.54) is 4.90 Å². The number of hydrogen-bond donors (Lipinski definition) is 8. The van der Waals surface area contributed by atoms with E-state index < -0.39 is 74.2 Å². The van der Waals surface area contributed by atoms with Gasteiger partial charge in [0.25, 0.3) is 5.91 Å². The molecule has 0 radical (unpaired) electrons. The van der Waals surface area contributed by atoms with Gasteiger partial charge >= 0.3 is 10.4 Å². The smallest absolute Gasteiger partial charge is 0.394 e. The number of aliphatic hydroxyl groups excluding tert-OH is 2. The van der Waals surface area contributed by atoms with Crippen molar-refractivity contribution in [1.82, 2.24) is 4.90 Å². The summed E-state index contributed by atoms with van der Waals surface area (Å²) in [6, 6.07) is -1.09. The van der Waals surface area contributed by atoms with Crippen LogP contribution in [0.25, 0.3) is 0 Å². The highest BCUT2D eigenvalue weighted by molar-refractivity contribution is 7.79. The van der Waals surface area contributed by atoms with Gasteiger partial charge in [0.05, 0.1) is 22.3 Å². The first kappa shape index (κ1) is 34.7. The number of nitrogens with two attached hydrogens (primary N) is 1. The number of phenolic OH excluding ortho intramolecular Hbond substituents is 1. The molecule has 3 aliphatic carbocycles. The third-order valence-electron chi connectivity index (χ3n) is 8.09. The summed E-state index contributed by atoms with van der Waals surface area (Å²) < 4.78 is 31.6. The standard InChI is InChI=1S/C26H31ClN4O8.H2O4S/c1-5-31(6-2)18-11-7-10-8-12-19(30(3)4)22(35)15(25(28)38)24(37)26(12,39)23(36)13(10)20(33)14(11)21(34)17(16(18)27)29-9-32;1-5(2,3)4/h9-10,12,19,34-36,39H,5-8H2,1-4H3,(H2,28,38)(H,29,32);(H2,1,2,3,4)/t10?,12?,19-,26-;/m0./s1. The number of hydrogen-bond acceptors (Lipinski definition) is 12. The van der Waals surface area contributed by atoms with Crippen molar-refractivity contribution in [1.29, 1.82) is 0 Å². The molecule has 0 saturated heterocycles. The third-order valence-corrected chi connectivity index (χ3v) is 8.45. The molecule has 4 atom stereocenters. The van der Waals surface area contributed by atoms with Crippen LogP contribution in [-0.2, 0) is 31.2 Å². The number of carbonyl (C=O) groups is 4. The van der Waals surface area contributed by atoms with Crippen LogP contribution in [0.15, 0.2) is 22.7 Å². The molecule has 1 aromatic rings. The second-order valence-electron chi connectivity index (χ2n) is 10.6. The fourth-order valence-electron chi connectivity index (χ4n) is 6.39. The molecule has 0 heterocycles. The molecule has 44 heavy (non-hydrogen) atoms. The van der Waals surface area contributed by atoms with E-state index in [4.69, 9.17) is 34.9 Å². The number of rotatable bonds is 7. The van der Waals surface area contributed by atoms with Crippen LogP contribution in [0.5, 0.6) is 5.75 Å². The topological polar surface area (TPSA) is 268 Å². The van der Waals surface area contributed by atoms with Crippen LogP contribution in [0, 0.1) is 11.8 Å². The molecule has 3 aliphatic rings. The summed E-state index contributed by atoms with van der Waals surface area (Å²) in [6.45, 7) is 4.70. The van der Waals surface area contributed by atoms with Crippen LogP contribution < -0.4 is 16.0 Å². The van der Waals surface area contributed by atoms with Gasteiger partial charge in [-0.25, -0.2) is 0 Å². The number of aliphatic hydroxyl groups is 3. The van der Waals surface area contributed by atoms with Crippen molar-refractivity contribution in [2.45, 2.75) is 38.3 Å². The lowest BCUT2D eigenvalue weighted by atomic mass is 9.58. The number of anilines is 2. The summed E-state index contributed by atoms with van der Waals surface area (Å²) in [4.78, 5) is 54.1. The molecule has 9 N–H and O–H groups in total. The van der Waals surface area contributed by atoms with Crippen molar-refractivity contribution in [3.8, 4) is 5.75 Å². The molecule has 0 fully saturated rings. The Kier molecular flexibility index (Phi) is 9.74. The Balaban J connectivity index is 0.000000978. The van der Waals surface area contributed by atoms with Gasteiger partial charge in [-0.15, -0.1) is 0 Å². The van der Waals surface area contributed by atoms with E-state index in [1.54, 1.807) is 14.1 Å². The normalized spacial score (nSPS) is 24.6. The number of carbonyl (C=O) groups excluding carboxylic acids is 4. The van der Waals surface area contributed by atoms with E-state index in [9.17, 15) is 39.6 Å². The molecular weight excluding hydrogens is 628 g/mol. The summed E-state index contributed by atoms with van der Waals surface area (Å²) in [5.41, 5.74) is 1.83. The van der Waals surface area contributed by atoms with Gasteiger partial charge in [0.15, 0.2) is 17.1 Å². The van der Waals surface area contributed by atoms with Crippen LogP contribution in [0.1, 0.15) is 36.2 Å². The lowest BCUT2D eigenvalue weighted by molar-refractivity contribution is -0.148. The number of Topliss-reactive ketones (excluding diaryl/α,β-unsaturated/α-hetero) is 2. The molecule has 18 heteroatoms. The Hall–Kier alpha value is -3.74. The molecule has 2 amide bonds. The van der Waals surface area contributed by atoms with Gasteiger partial charge in [-0.05, 0) is 52.3 Å². The number of benzene rings is 1. The number of primary amides is 1. The number of nitrogens with zero attached hydrogens (tertiary/aromatic N) is 2. The Bertz CT molecular complexity index is 1590. The number of aromatic hydroxyl groups is 1. The fraction of sp³-hybridized carbons (Fsp3) is 0.462. The lowest BCUT2D eigenvalue weighted by Crippen LogP contribution is -2.63. The molecule has 0 saturated carbocycles. The lowest BCUT2D eigenvalue weighted by Gasteiger charge is -2.50. The second kappa shape index (κ2) is 12.3. The first-order valence-corrected chi connectivity index (χ1v) is 14.9. The van der Waals surface area contributed by atoms with E-state index in [1.807, 2.05) is 18.7 Å². The van der Waals surface area contributed by atoms with Gasteiger partial charge in [-0.3, -0.25) is 33.2 Å². The predicted molar refractivity (Wildman–Crippen MR) is 156 cm³/mol. The maximum absolute atomic E-state index is 14.0. The maximum atomic E-state index is 14.0. The summed E-state index contributed by atoms with van der Waals surface area (Å²) in [5.74, 6) is -7.58. The van der Waals surface area contributed by atoms with Gasteiger partial charge in [-0.2, -0.15) is 8.42 Å². The predicted octanol–water partition coefficient (Wildman–Crippen LogP) is 0.536. The third kappa shape index (κ3) is 5.62. The fourth-order valence-corrected chi connectivity index (χ4v) is 6.77. The van der Waals surface area contributed by atoms with Gasteiger partial charge in [-0.1, -0.05) is 11.6 Å². The van der Waals surface area contributed by atoms with Gasteiger partial charge in [0.2, 0.25) is 12.2 Å². The second-order valence-corrected chi connectivity index (χ2v) is 11.9. The Morgan fingerprint density at radius 1 is 1.16 bits per heavy atom. The van der Waals surface area contributed by atoms with Crippen LogP contribution >= 0.6 is 11.6 Å². The van der Waals surface area contributed by atoms with Gasteiger partial charge in [0, 0.05) is 24.6 Å². The minimum atomic E-state index is -4.67. The van der Waals surface area contributed by atoms with Crippen LogP contribution in [0.2, 0.25) is 5.02 Å². The maximum Gasteiger partial charge on any atom is 0.394 e. The van der Waals surface area contributed by atoms with Crippen LogP contribution in [0.3, 0.4) is 0 Å². The zero-order valence-electron chi connectivity index (χ0n) is 24.0. The number of fused-ring (bicyclic) bond motifs is 3. The SMILES string of the molecule is CCN(CC)c1c(Cl)c(NC=O)c(O)c2c1CC1CC3[C@H](N(C)C)C(O)=C(C(N)=O)C(=O)[C@@]3(O)C(O)=C1C2=O.O=S(=O)(O)O. The van der Waals surface area contributed by atoms with Crippen molar-refractivity contribution < 1.29 is 57.1 Å². The Labute approximate surface area is 257 Å². The van der Waals surface area contributed by atoms with Crippen molar-refractivity contribution >= 4 is 57.3 Å². The van der Waals surface area contributed by atoms with Crippen molar-refractivity contribution in [3.63, 3.8) is 0 Å². The zero-order valence-corrected chi connectivity index (χ0v) is 25.6. The molecule has 4 rings (SSSR count). The first-order valence-electron chi connectivity index (χ1n) is 13.2. The van der Waals surface area contributed by atoms with Gasteiger partial charge < -0.3 is 36.4 Å². The zero-order chi connectivity index (χ0) is 33.6. The largest absolute Gasteiger partial charge is 0.510 e. The van der Waals surface area contributed by atoms with E-state index in [0.717, 1.165) is 0 Å². The van der Waals surface area contributed by atoms with E-state index >= 15 is 0 Å². The number of ketones is 2. The molecule has 0 bridgehead atoms. The molecule has 0 aromatic heterocycles. The molecule has 16 nitrogen and oxygen atoms in total. The molecular formula is C26H33ClN4O12S. The summed E-state index contributed by atoms with van der Waals surface area (Å²) in [6.07, 6.45) is 0.331. The summed E-state index contributed by atoms with van der Waals surface area (Å²) in [7, 11) is -1.55. The number of nitrogens with one attached hydrogen (secondary N) is 1. The number of halogens is 1. The quantitative estimate of drug-likeness (QED) is 0.0858. The number of amides is 2. The van der Waals surface area contributed by atoms with Crippen molar-refractivity contribution in [2.75, 3.05) is 37.4 Å². The van der Waals surface area contributed by atoms with E-state index in [-0.39, 0.29) is 34.7 Å². The highest BCUT2D eigenvalue weighted by Gasteiger charge is 2.63. The molecule has 2 unspecified atom stereocenters. The highest BCUT2D eigenvalue weighted by atomic mass is 35.5. The minimum Gasteiger partial charge on any atom is -0.510 e. The number of likely N-dealkylation sites (N-methyl/N-ethyl adjacent to an activating group) is 1. The monoisotopic (exact) mass is 660 g/mol. The average molecular weight is 661 g/mol. The van der Waals surface area contributed by atoms with E-state index in [2.05, 4.69) is 5.32 Å². The molecule has 1 aromatic carbocycles. The highest BCUT2D eigenvalue weighted by Crippen LogP contribution is 2.55. The van der Waals surface area contributed by atoms with Crippen molar-refractivity contribution in [2.24, 2.45) is 17.6 Å². The number of allylic oxidation sites excluding steroid dienone is 1. The summed E-state index contributed by atoms with van der Waals surface area (Å²) in [5, 5.41) is 47.4. The molecule has 0 aliphatic heterocycles. The Morgan fingerprint density at radius 2 is 1.70 bits per heavy atom. The van der Waals surface area contributed by atoms with Crippen LogP contribution in [-0.4, -0.2) is 106 Å². The number of phenols is 1.